The Morgan fingerprint density at radius 2 is 1.81 bits per heavy atom. The number of nitrogens with one attached hydrogen (secondary N) is 2. The fourth-order valence-electron chi connectivity index (χ4n) is 2.28. The van der Waals surface area contributed by atoms with Crippen molar-refractivity contribution in [1.82, 2.24) is 5.32 Å². The molecule has 0 saturated carbocycles. The van der Waals surface area contributed by atoms with Crippen molar-refractivity contribution in [2.75, 3.05) is 18.5 Å². The molecule has 0 aromatic heterocycles. The number of amides is 2. The first kappa shape index (κ1) is 23.6. The Labute approximate surface area is 177 Å². The van der Waals surface area contributed by atoms with Crippen LogP contribution in [-0.4, -0.2) is 35.9 Å². The fraction of sp³-hybridized carbons (Fsp3) is 0.167. The maximum atomic E-state index is 13.0. The number of halogens is 4. The minimum atomic E-state index is -4.78. The summed E-state index contributed by atoms with van der Waals surface area (Å²) in [6.45, 7) is -1.62. The molecule has 13 heteroatoms. The number of nitrogens with zero attached hydrogens (tertiary/aromatic N) is 1. The molecule has 0 heterocycles. The number of rotatable bonds is 7. The number of benzene rings is 2. The lowest BCUT2D eigenvalue weighted by Crippen LogP contribution is -2.32. The molecule has 2 aromatic rings. The van der Waals surface area contributed by atoms with Gasteiger partial charge in [0.1, 0.15) is 6.54 Å². The van der Waals surface area contributed by atoms with Gasteiger partial charge in [-0.15, -0.1) is 0 Å². The summed E-state index contributed by atoms with van der Waals surface area (Å²) < 4.78 is 43.6. The summed E-state index contributed by atoms with van der Waals surface area (Å²) in [4.78, 5) is 45.5. The van der Waals surface area contributed by atoms with Crippen LogP contribution in [0.25, 0.3) is 0 Å². The second-order valence-electron chi connectivity index (χ2n) is 5.86. The van der Waals surface area contributed by atoms with Crippen molar-refractivity contribution >= 4 is 40.8 Å². The monoisotopic (exact) mass is 459 g/mol. The highest BCUT2D eigenvalue weighted by Crippen LogP contribution is 2.38. The molecule has 0 aliphatic rings. The van der Waals surface area contributed by atoms with E-state index in [4.69, 9.17) is 11.6 Å². The minimum absolute atomic E-state index is 0.0851. The smallest absolute Gasteiger partial charge is 0.418 e. The number of esters is 1. The third kappa shape index (κ3) is 6.67. The van der Waals surface area contributed by atoms with E-state index in [2.05, 4.69) is 10.1 Å². The first-order valence-electron chi connectivity index (χ1n) is 8.33. The topological polar surface area (TPSA) is 128 Å². The molecule has 0 radical (unpaired) electrons. The molecule has 2 aromatic carbocycles. The third-order valence-electron chi connectivity index (χ3n) is 3.66. The standard InChI is InChI=1S/C18H13ClF3N3O6/c19-13-6-2-5-12(18(20,21)22)16(13)24-14(26)9-31-15(27)8-23-17(28)10-3-1-4-11(7-10)25(29)30/h1-7H,8-9H2,(H,23,28)(H,24,26). The van der Waals surface area contributed by atoms with E-state index in [0.717, 1.165) is 24.3 Å². The molecule has 2 rings (SSSR count). The molecule has 0 atom stereocenters. The zero-order valence-electron chi connectivity index (χ0n) is 15.4. The molecule has 164 valence electrons. The van der Waals surface area contributed by atoms with E-state index in [0.29, 0.717) is 0 Å². The largest absolute Gasteiger partial charge is 0.454 e. The lowest BCUT2D eigenvalue weighted by atomic mass is 10.1. The van der Waals surface area contributed by atoms with Crippen molar-refractivity contribution in [1.29, 1.82) is 0 Å². The van der Waals surface area contributed by atoms with Crippen LogP contribution in [0.5, 0.6) is 0 Å². The van der Waals surface area contributed by atoms with Crippen LogP contribution < -0.4 is 10.6 Å². The Hall–Kier alpha value is -3.67. The lowest BCUT2D eigenvalue weighted by molar-refractivity contribution is -0.384. The summed E-state index contributed by atoms with van der Waals surface area (Å²) in [5, 5.41) is 14.4. The number of carbonyl (C=O) groups is 3. The van der Waals surface area contributed by atoms with Gasteiger partial charge in [-0.05, 0) is 18.2 Å². The van der Waals surface area contributed by atoms with Gasteiger partial charge in [0.15, 0.2) is 6.61 Å². The number of non-ortho nitro benzene ring substituents is 1. The lowest BCUT2D eigenvalue weighted by Gasteiger charge is -2.15. The van der Waals surface area contributed by atoms with Crippen molar-refractivity contribution in [3.05, 3.63) is 68.7 Å². The van der Waals surface area contributed by atoms with Crippen LogP contribution in [0.1, 0.15) is 15.9 Å². The first-order valence-corrected chi connectivity index (χ1v) is 8.70. The van der Waals surface area contributed by atoms with Crippen LogP contribution in [-0.2, 0) is 20.5 Å². The average Bonchev–Trinajstić information content (AvgIpc) is 2.71. The van der Waals surface area contributed by atoms with Crippen molar-refractivity contribution < 1.29 is 37.2 Å². The third-order valence-corrected chi connectivity index (χ3v) is 3.98. The molecule has 9 nitrogen and oxygen atoms in total. The van der Waals surface area contributed by atoms with Crippen molar-refractivity contribution in [2.45, 2.75) is 6.18 Å². The number of nitro groups is 1. The number of carbonyl (C=O) groups excluding carboxylic acids is 3. The molecule has 2 amide bonds. The normalized spacial score (nSPS) is 10.8. The number of para-hydroxylation sites is 1. The summed E-state index contributed by atoms with van der Waals surface area (Å²) in [6.07, 6.45) is -4.78. The number of hydrogen-bond donors (Lipinski definition) is 2. The quantitative estimate of drug-likeness (QED) is 0.372. The first-order chi connectivity index (χ1) is 14.5. The molecule has 0 fully saturated rings. The van der Waals surface area contributed by atoms with Gasteiger partial charge in [0, 0.05) is 17.7 Å². The summed E-state index contributed by atoms with van der Waals surface area (Å²) in [6, 6.07) is 7.65. The molecule has 0 saturated heterocycles. The van der Waals surface area contributed by atoms with Crippen molar-refractivity contribution in [3.8, 4) is 0 Å². The van der Waals surface area contributed by atoms with Gasteiger partial charge in [0.2, 0.25) is 0 Å². The summed E-state index contributed by atoms with van der Waals surface area (Å²) in [5.74, 6) is -2.96. The highest BCUT2D eigenvalue weighted by atomic mass is 35.5. The highest BCUT2D eigenvalue weighted by molar-refractivity contribution is 6.34. The maximum Gasteiger partial charge on any atom is 0.418 e. The molecule has 31 heavy (non-hydrogen) atoms. The van der Waals surface area contributed by atoms with E-state index in [9.17, 15) is 37.7 Å². The van der Waals surface area contributed by atoms with E-state index in [1.165, 1.54) is 18.2 Å². The van der Waals surface area contributed by atoms with Crippen LogP contribution >= 0.6 is 11.6 Å². The van der Waals surface area contributed by atoms with Crippen LogP contribution in [0, 0.1) is 10.1 Å². The SMILES string of the molecule is O=C(COC(=O)CNC(=O)c1cccc([N+](=O)[O-])c1)Nc1c(Cl)cccc1C(F)(F)F. The number of alkyl halides is 3. The maximum absolute atomic E-state index is 13.0. The molecule has 0 aliphatic heterocycles. The van der Waals surface area contributed by atoms with Crippen LogP contribution in [0.15, 0.2) is 42.5 Å². The number of anilines is 1. The van der Waals surface area contributed by atoms with E-state index in [1.54, 1.807) is 0 Å². The van der Waals surface area contributed by atoms with Crippen LogP contribution in [0.3, 0.4) is 0 Å². The molecular weight excluding hydrogens is 447 g/mol. The molecule has 0 aliphatic carbocycles. The van der Waals surface area contributed by atoms with Gasteiger partial charge < -0.3 is 15.4 Å². The van der Waals surface area contributed by atoms with E-state index < -0.39 is 53.3 Å². The fourth-order valence-corrected chi connectivity index (χ4v) is 2.50. The van der Waals surface area contributed by atoms with E-state index in [1.807, 2.05) is 5.32 Å². The second-order valence-corrected chi connectivity index (χ2v) is 6.27. The molecule has 0 bridgehead atoms. The van der Waals surface area contributed by atoms with Gasteiger partial charge in [-0.1, -0.05) is 23.7 Å². The summed E-state index contributed by atoms with van der Waals surface area (Å²) in [7, 11) is 0. The Morgan fingerprint density at radius 3 is 2.45 bits per heavy atom. The highest BCUT2D eigenvalue weighted by Gasteiger charge is 2.34. The molecule has 0 unspecified atom stereocenters. The van der Waals surface area contributed by atoms with Crippen LogP contribution in [0.4, 0.5) is 24.5 Å². The average molecular weight is 460 g/mol. The van der Waals surface area contributed by atoms with Gasteiger partial charge in [-0.2, -0.15) is 13.2 Å². The predicted molar refractivity (Wildman–Crippen MR) is 101 cm³/mol. The number of hydrogen-bond acceptors (Lipinski definition) is 6. The van der Waals surface area contributed by atoms with E-state index >= 15 is 0 Å². The van der Waals surface area contributed by atoms with Gasteiger partial charge in [-0.25, -0.2) is 0 Å². The van der Waals surface area contributed by atoms with Crippen molar-refractivity contribution in [3.63, 3.8) is 0 Å². The Bertz CT molecular complexity index is 1030. The Morgan fingerprint density at radius 1 is 1.13 bits per heavy atom. The summed E-state index contributed by atoms with van der Waals surface area (Å²) in [5.41, 5.74) is -2.27. The number of ether oxygens (including phenoxy) is 1. The minimum Gasteiger partial charge on any atom is -0.454 e. The number of nitro benzene ring substituents is 1. The zero-order chi connectivity index (χ0) is 23.2. The molecular formula is C18H13ClF3N3O6. The Balaban J connectivity index is 1.88. The van der Waals surface area contributed by atoms with Crippen molar-refractivity contribution in [2.24, 2.45) is 0 Å². The summed E-state index contributed by atoms with van der Waals surface area (Å²) >= 11 is 5.70. The van der Waals surface area contributed by atoms with Gasteiger partial charge in [-0.3, -0.25) is 24.5 Å². The van der Waals surface area contributed by atoms with Crippen LogP contribution in [0.2, 0.25) is 5.02 Å². The predicted octanol–water partition coefficient (Wildman–Crippen LogP) is 3.18. The van der Waals surface area contributed by atoms with E-state index in [-0.39, 0.29) is 16.3 Å². The van der Waals surface area contributed by atoms with Gasteiger partial charge in [0.05, 0.1) is 21.2 Å². The van der Waals surface area contributed by atoms with Gasteiger partial charge in [0.25, 0.3) is 17.5 Å². The Kier molecular flexibility index (Phi) is 7.53. The van der Waals surface area contributed by atoms with Gasteiger partial charge >= 0.3 is 12.1 Å². The zero-order valence-corrected chi connectivity index (χ0v) is 16.1. The second kappa shape index (κ2) is 9.89. The molecule has 2 N–H and O–H groups in total. The molecule has 0 spiro atoms.